The van der Waals surface area contributed by atoms with Gasteiger partial charge in [0, 0.05) is 25.1 Å². The van der Waals surface area contributed by atoms with Crippen LogP contribution in [0.4, 0.5) is 5.82 Å². The maximum Gasteiger partial charge on any atom is 0.134 e. The monoisotopic (exact) mass is 239 g/mol. The summed E-state index contributed by atoms with van der Waals surface area (Å²) in [7, 11) is 0. The first-order valence-electron chi connectivity index (χ1n) is 6.04. The molecule has 16 heavy (non-hydrogen) atoms. The average Bonchev–Trinajstić information content (AvgIpc) is 3.08. The summed E-state index contributed by atoms with van der Waals surface area (Å²) in [5.74, 6) is 1.84. The van der Waals surface area contributed by atoms with E-state index < -0.39 is 0 Å². The van der Waals surface area contributed by atoms with Gasteiger partial charge in [-0.05, 0) is 19.3 Å². The Morgan fingerprint density at radius 3 is 2.69 bits per heavy atom. The lowest BCUT2D eigenvalue weighted by molar-refractivity contribution is 0.742. The summed E-state index contributed by atoms with van der Waals surface area (Å²) in [6, 6.07) is 2.56. The molecule has 0 aromatic carbocycles. The molecule has 1 fully saturated rings. The summed E-state index contributed by atoms with van der Waals surface area (Å²) in [4.78, 5) is 11.1. The molecule has 4 heteroatoms. The SMILES string of the molecule is CCCN(c1cc(Cl)nc(CC)n1)C1CC1. The third-order valence-corrected chi connectivity index (χ3v) is 2.98. The highest BCUT2D eigenvalue weighted by molar-refractivity contribution is 6.29. The summed E-state index contributed by atoms with van der Waals surface area (Å²) in [6.45, 7) is 5.30. The number of rotatable bonds is 5. The first-order valence-corrected chi connectivity index (χ1v) is 6.42. The van der Waals surface area contributed by atoms with Crippen molar-refractivity contribution in [3.05, 3.63) is 17.0 Å². The molecule has 3 nitrogen and oxygen atoms in total. The summed E-state index contributed by atoms with van der Waals surface area (Å²) >= 11 is 6.02. The molecule has 2 rings (SSSR count). The Morgan fingerprint density at radius 2 is 2.12 bits per heavy atom. The average molecular weight is 240 g/mol. The van der Waals surface area contributed by atoms with Crippen LogP contribution in [0.5, 0.6) is 0 Å². The van der Waals surface area contributed by atoms with Gasteiger partial charge in [-0.15, -0.1) is 0 Å². The van der Waals surface area contributed by atoms with Crippen LogP contribution in [0, 0.1) is 0 Å². The number of aryl methyl sites for hydroxylation is 1. The van der Waals surface area contributed by atoms with E-state index in [2.05, 4.69) is 28.7 Å². The maximum atomic E-state index is 6.02. The van der Waals surface area contributed by atoms with Gasteiger partial charge in [-0.25, -0.2) is 9.97 Å². The van der Waals surface area contributed by atoms with Gasteiger partial charge >= 0.3 is 0 Å². The molecule has 88 valence electrons. The second kappa shape index (κ2) is 5.00. The Labute approximate surface area is 102 Å². The normalized spacial score (nSPS) is 15.2. The quantitative estimate of drug-likeness (QED) is 0.740. The van der Waals surface area contributed by atoms with Crippen molar-refractivity contribution < 1.29 is 0 Å². The number of halogens is 1. The van der Waals surface area contributed by atoms with Crippen molar-refractivity contribution in [1.82, 2.24) is 9.97 Å². The standard InChI is InChI=1S/C12H18ClN3/c1-3-7-16(9-5-6-9)12-8-10(13)14-11(4-2)15-12/h8-9H,3-7H2,1-2H3. The molecule has 0 saturated heterocycles. The van der Waals surface area contributed by atoms with Crippen molar-refractivity contribution in [1.29, 1.82) is 0 Å². The highest BCUT2D eigenvalue weighted by atomic mass is 35.5. The van der Waals surface area contributed by atoms with Gasteiger partial charge in [-0.2, -0.15) is 0 Å². The number of anilines is 1. The van der Waals surface area contributed by atoms with Crippen LogP contribution < -0.4 is 4.90 Å². The zero-order valence-electron chi connectivity index (χ0n) is 9.91. The van der Waals surface area contributed by atoms with Crippen LogP contribution in [0.15, 0.2) is 6.07 Å². The Balaban J connectivity index is 2.25. The zero-order chi connectivity index (χ0) is 11.5. The van der Waals surface area contributed by atoms with Crippen LogP contribution >= 0.6 is 11.6 Å². The summed E-state index contributed by atoms with van der Waals surface area (Å²) < 4.78 is 0. The van der Waals surface area contributed by atoms with Crippen LogP contribution in [-0.4, -0.2) is 22.6 Å². The second-order valence-corrected chi connectivity index (χ2v) is 4.63. The third-order valence-electron chi connectivity index (χ3n) is 2.79. The molecular formula is C12H18ClN3. The molecule has 0 radical (unpaired) electrons. The van der Waals surface area contributed by atoms with Gasteiger partial charge in [0.2, 0.25) is 0 Å². The van der Waals surface area contributed by atoms with E-state index in [1.54, 1.807) is 0 Å². The zero-order valence-corrected chi connectivity index (χ0v) is 10.7. The molecule has 0 amide bonds. The number of hydrogen-bond donors (Lipinski definition) is 0. The number of aromatic nitrogens is 2. The fourth-order valence-corrected chi connectivity index (χ4v) is 2.06. The van der Waals surface area contributed by atoms with Crippen LogP contribution in [0.2, 0.25) is 5.15 Å². The summed E-state index contributed by atoms with van der Waals surface area (Å²) in [5, 5.41) is 0.559. The summed E-state index contributed by atoms with van der Waals surface area (Å²) in [5.41, 5.74) is 0. The van der Waals surface area contributed by atoms with Crippen molar-refractivity contribution in [3.8, 4) is 0 Å². The molecule has 1 aliphatic carbocycles. The van der Waals surface area contributed by atoms with E-state index in [1.807, 2.05) is 6.07 Å². The van der Waals surface area contributed by atoms with Crippen LogP contribution in [0.25, 0.3) is 0 Å². The molecule has 0 unspecified atom stereocenters. The van der Waals surface area contributed by atoms with E-state index in [0.29, 0.717) is 11.2 Å². The Hall–Kier alpha value is -0.830. The molecule has 1 saturated carbocycles. The van der Waals surface area contributed by atoms with E-state index in [-0.39, 0.29) is 0 Å². The van der Waals surface area contributed by atoms with Crippen LogP contribution in [0.3, 0.4) is 0 Å². The van der Waals surface area contributed by atoms with E-state index >= 15 is 0 Å². The van der Waals surface area contributed by atoms with Gasteiger partial charge in [0.05, 0.1) is 0 Å². The van der Waals surface area contributed by atoms with Gasteiger partial charge in [0.1, 0.15) is 16.8 Å². The van der Waals surface area contributed by atoms with E-state index in [1.165, 1.54) is 12.8 Å². The largest absolute Gasteiger partial charge is 0.353 e. The molecule has 1 aromatic rings. The Bertz CT molecular complexity index is 363. The van der Waals surface area contributed by atoms with Crippen molar-refractivity contribution >= 4 is 17.4 Å². The molecule has 0 N–H and O–H groups in total. The van der Waals surface area contributed by atoms with Crippen molar-refractivity contribution in [2.45, 2.75) is 45.6 Å². The number of nitrogens with zero attached hydrogens (tertiary/aromatic N) is 3. The smallest absolute Gasteiger partial charge is 0.134 e. The maximum absolute atomic E-state index is 6.02. The minimum Gasteiger partial charge on any atom is -0.353 e. The molecular weight excluding hydrogens is 222 g/mol. The van der Waals surface area contributed by atoms with Gasteiger partial charge in [-0.3, -0.25) is 0 Å². The first kappa shape index (κ1) is 11.6. The minimum atomic E-state index is 0.559. The van der Waals surface area contributed by atoms with Crippen molar-refractivity contribution in [3.63, 3.8) is 0 Å². The molecule has 1 heterocycles. The predicted octanol–water partition coefficient (Wildman–Crippen LogP) is 3.07. The number of hydrogen-bond acceptors (Lipinski definition) is 3. The van der Waals surface area contributed by atoms with Crippen LogP contribution in [0.1, 0.15) is 38.9 Å². The van der Waals surface area contributed by atoms with Gasteiger partial charge in [-0.1, -0.05) is 25.4 Å². The summed E-state index contributed by atoms with van der Waals surface area (Å²) in [6.07, 6.45) is 4.53. The third kappa shape index (κ3) is 2.64. The Morgan fingerprint density at radius 1 is 1.38 bits per heavy atom. The van der Waals surface area contributed by atoms with Crippen LogP contribution in [-0.2, 0) is 6.42 Å². The Kier molecular flexibility index (Phi) is 3.64. The fourth-order valence-electron chi connectivity index (χ4n) is 1.87. The fraction of sp³-hybridized carbons (Fsp3) is 0.667. The van der Waals surface area contributed by atoms with Crippen molar-refractivity contribution in [2.75, 3.05) is 11.4 Å². The second-order valence-electron chi connectivity index (χ2n) is 4.24. The van der Waals surface area contributed by atoms with Gasteiger partial charge < -0.3 is 4.90 Å². The van der Waals surface area contributed by atoms with E-state index in [0.717, 1.165) is 31.0 Å². The topological polar surface area (TPSA) is 29.0 Å². The lowest BCUT2D eigenvalue weighted by Gasteiger charge is -2.23. The lowest BCUT2D eigenvalue weighted by Crippen LogP contribution is -2.27. The first-order chi connectivity index (χ1) is 7.74. The molecule has 1 aromatic heterocycles. The lowest BCUT2D eigenvalue weighted by atomic mass is 10.3. The highest BCUT2D eigenvalue weighted by Crippen LogP contribution is 2.31. The van der Waals surface area contributed by atoms with E-state index in [9.17, 15) is 0 Å². The minimum absolute atomic E-state index is 0.559. The molecule has 0 aliphatic heterocycles. The molecule has 0 atom stereocenters. The molecule has 1 aliphatic rings. The van der Waals surface area contributed by atoms with Crippen molar-refractivity contribution in [2.24, 2.45) is 0 Å². The predicted molar refractivity (Wildman–Crippen MR) is 67.1 cm³/mol. The van der Waals surface area contributed by atoms with Gasteiger partial charge in [0.15, 0.2) is 0 Å². The highest BCUT2D eigenvalue weighted by Gasteiger charge is 2.29. The van der Waals surface area contributed by atoms with Gasteiger partial charge in [0.25, 0.3) is 0 Å². The molecule has 0 spiro atoms. The molecule has 0 bridgehead atoms. The van der Waals surface area contributed by atoms with E-state index in [4.69, 9.17) is 11.6 Å².